The minimum absolute atomic E-state index is 0.348. The molecule has 0 saturated heterocycles. The first-order valence-corrected chi connectivity index (χ1v) is 5.17. The molecule has 0 aliphatic carbocycles. The van der Waals surface area contributed by atoms with Crippen LogP contribution < -0.4 is 0 Å². The first kappa shape index (κ1) is 9.48. The van der Waals surface area contributed by atoms with Gasteiger partial charge in [-0.05, 0) is 30.7 Å². The Morgan fingerprint density at radius 2 is 2.25 bits per heavy atom. The molecule has 64 valence electrons. The van der Waals surface area contributed by atoms with Crippen molar-refractivity contribution in [2.75, 3.05) is 0 Å². The van der Waals surface area contributed by atoms with Crippen molar-refractivity contribution in [3.63, 3.8) is 0 Å². The van der Waals surface area contributed by atoms with Crippen LogP contribution in [0, 0.1) is 6.92 Å². The fourth-order valence-corrected chi connectivity index (χ4v) is 1.63. The van der Waals surface area contributed by atoms with Gasteiger partial charge in [-0.1, -0.05) is 10.8 Å². The standard InChI is InChI=1S/C8H8O2S2/c1-5-4-6(12-11)2-3-7(5)8(9)10/h2-4,11H,1H3,(H,9,10). The smallest absolute Gasteiger partial charge is 0.335 e. The average molecular weight is 200 g/mol. The molecule has 12 heavy (non-hydrogen) atoms. The van der Waals surface area contributed by atoms with Crippen LogP contribution in [0.25, 0.3) is 0 Å². The molecular weight excluding hydrogens is 192 g/mol. The summed E-state index contributed by atoms with van der Waals surface area (Å²) < 4.78 is 0. The molecule has 2 nitrogen and oxygen atoms in total. The maximum atomic E-state index is 10.6. The number of aromatic carboxylic acids is 1. The molecule has 1 aromatic rings. The van der Waals surface area contributed by atoms with Crippen molar-refractivity contribution in [2.24, 2.45) is 0 Å². The van der Waals surface area contributed by atoms with Crippen LogP contribution >= 0.6 is 22.5 Å². The SMILES string of the molecule is Cc1cc(SS)ccc1C(=O)O. The lowest BCUT2D eigenvalue weighted by molar-refractivity contribution is 0.0696. The Morgan fingerprint density at radius 1 is 1.58 bits per heavy atom. The second-order valence-corrected chi connectivity index (χ2v) is 3.57. The van der Waals surface area contributed by atoms with E-state index in [4.69, 9.17) is 5.11 Å². The number of aryl methyl sites for hydroxylation is 1. The number of carbonyl (C=O) groups is 1. The van der Waals surface area contributed by atoms with Crippen LogP contribution in [0.1, 0.15) is 15.9 Å². The number of hydrogen-bond donors (Lipinski definition) is 2. The Bertz CT molecular complexity index is 310. The Labute approximate surface area is 79.8 Å². The molecule has 0 aliphatic heterocycles. The average Bonchev–Trinajstić information content (AvgIpc) is 2.03. The first-order chi connectivity index (χ1) is 5.65. The van der Waals surface area contributed by atoms with Crippen LogP contribution in [-0.4, -0.2) is 11.1 Å². The Morgan fingerprint density at radius 3 is 2.67 bits per heavy atom. The Hall–Kier alpha value is -0.610. The number of thiol groups is 1. The lowest BCUT2D eigenvalue weighted by Gasteiger charge is -2.01. The van der Waals surface area contributed by atoms with Crippen LogP contribution in [-0.2, 0) is 0 Å². The van der Waals surface area contributed by atoms with Crippen LogP contribution in [0.4, 0.5) is 0 Å². The highest BCUT2D eigenvalue weighted by Gasteiger charge is 2.06. The van der Waals surface area contributed by atoms with E-state index in [1.165, 1.54) is 10.8 Å². The van der Waals surface area contributed by atoms with Gasteiger partial charge in [0.1, 0.15) is 0 Å². The van der Waals surface area contributed by atoms with Gasteiger partial charge in [-0.15, -0.1) is 11.7 Å². The number of carboxylic acid groups (broad SMARTS) is 1. The van der Waals surface area contributed by atoms with Gasteiger partial charge in [0, 0.05) is 4.90 Å². The van der Waals surface area contributed by atoms with Crippen molar-refractivity contribution in [2.45, 2.75) is 11.8 Å². The molecule has 0 heterocycles. The fraction of sp³-hybridized carbons (Fsp3) is 0.125. The minimum atomic E-state index is -0.886. The molecule has 0 bridgehead atoms. The maximum absolute atomic E-state index is 10.6. The van der Waals surface area contributed by atoms with Gasteiger partial charge in [0.15, 0.2) is 0 Å². The Balaban J connectivity index is 3.12. The number of carboxylic acids is 1. The van der Waals surface area contributed by atoms with Gasteiger partial charge < -0.3 is 5.11 Å². The van der Waals surface area contributed by atoms with E-state index < -0.39 is 5.97 Å². The highest BCUT2D eigenvalue weighted by Crippen LogP contribution is 2.23. The lowest BCUT2D eigenvalue weighted by atomic mass is 10.1. The molecule has 1 aromatic carbocycles. The van der Waals surface area contributed by atoms with Crippen molar-refractivity contribution < 1.29 is 9.90 Å². The number of rotatable bonds is 2. The second kappa shape index (κ2) is 3.87. The van der Waals surface area contributed by atoms with E-state index >= 15 is 0 Å². The van der Waals surface area contributed by atoms with Gasteiger partial charge >= 0.3 is 5.97 Å². The summed E-state index contributed by atoms with van der Waals surface area (Å²) in [6.45, 7) is 1.77. The minimum Gasteiger partial charge on any atom is -0.478 e. The largest absolute Gasteiger partial charge is 0.478 e. The summed E-state index contributed by atoms with van der Waals surface area (Å²) >= 11 is 4.01. The zero-order chi connectivity index (χ0) is 9.14. The van der Waals surface area contributed by atoms with Gasteiger partial charge in [0.2, 0.25) is 0 Å². The van der Waals surface area contributed by atoms with Crippen molar-refractivity contribution >= 4 is 28.4 Å². The summed E-state index contributed by atoms with van der Waals surface area (Å²) in [6.07, 6.45) is 0. The van der Waals surface area contributed by atoms with Crippen molar-refractivity contribution in [1.29, 1.82) is 0 Å². The summed E-state index contributed by atoms with van der Waals surface area (Å²) in [4.78, 5) is 11.6. The van der Waals surface area contributed by atoms with Crippen LogP contribution in [0.15, 0.2) is 23.1 Å². The monoisotopic (exact) mass is 200 g/mol. The molecular formula is C8H8O2S2. The molecule has 0 aliphatic rings. The summed E-state index contributed by atoms with van der Waals surface area (Å²) in [5.74, 6) is -0.886. The van der Waals surface area contributed by atoms with E-state index in [2.05, 4.69) is 11.7 Å². The molecule has 1 rings (SSSR count). The molecule has 0 spiro atoms. The van der Waals surface area contributed by atoms with Crippen molar-refractivity contribution in [3.05, 3.63) is 29.3 Å². The number of hydrogen-bond acceptors (Lipinski definition) is 3. The molecule has 0 atom stereocenters. The molecule has 0 radical (unpaired) electrons. The molecule has 4 heteroatoms. The summed E-state index contributed by atoms with van der Waals surface area (Å²) in [6, 6.07) is 5.14. The predicted molar refractivity (Wildman–Crippen MR) is 53.0 cm³/mol. The topological polar surface area (TPSA) is 37.3 Å². The van der Waals surface area contributed by atoms with E-state index in [1.54, 1.807) is 25.1 Å². The summed E-state index contributed by atoms with van der Waals surface area (Å²) in [5, 5.41) is 8.70. The van der Waals surface area contributed by atoms with Gasteiger partial charge in [-0.25, -0.2) is 4.79 Å². The summed E-state index contributed by atoms with van der Waals surface area (Å²) in [7, 11) is 1.30. The first-order valence-electron chi connectivity index (χ1n) is 3.30. The third kappa shape index (κ3) is 1.95. The van der Waals surface area contributed by atoms with E-state index in [9.17, 15) is 4.79 Å². The van der Waals surface area contributed by atoms with Gasteiger partial charge in [-0.2, -0.15) is 0 Å². The maximum Gasteiger partial charge on any atom is 0.335 e. The zero-order valence-corrected chi connectivity index (χ0v) is 8.15. The zero-order valence-electron chi connectivity index (χ0n) is 6.44. The van der Waals surface area contributed by atoms with Crippen LogP contribution in [0.2, 0.25) is 0 Å². The molecule has 0 fully saturated rings. The van der Waals surface area contributed by atoms with E-state index in [0.29, 0.717) is 5.56 Å². The second-order valence-electron chi connectivity index (χ2n) is 2.37. The highest BCUT2D eigenvalue weighted by atomic mass is 33.1. The third-order valence-electron chi connectivity index (χ3n) is 1.53. The van der Waals surface area contributed by atoms with E-state index in [1.807, 2.05) is 0 Å². The Kier molecular flexibility index (Phi) is 3.05. The molecule has 0 unspecified atom stereocenters. The summed E-state index contributed by atoms with van der Waals surface area (Å²) in [5.41, 5.74) is 1.11. The molecule has 1 N–H and O–H groups in total. The molecule has 0 saturated carbocycles. The van der Waals surface area contributed by atoms with Gasteiger partial charge in [0.25, 0.3) is 0 Å². The normalized spacial score (nSPS) is 9.83. The van der Waals surface area contributed by atoms with Gasteiger partial charge in [0.05, 0.1) is 5.56 Å². The third-order valence-corrected chi connectivity index (χ3v) is 2.63. The van der Waals surface area contributed by atoms with Crippen LogP contribution in [0.3, 0.4) is 0 Å². The fourth-order valence-electron chi connectivity index (χ4n) is 0.933. The number of benzene rings is 1. The van der Waals surface area contributed by atoms with Crippen molar-refractivity contribution in [1.82, 2.24) is 0 Å². The predicted octanol–water partition coefficient (Wildman–Crippen LogP) is 2.63. The molecule has 0 amide bonds. The van der Waals surface area contributed by atoms with E-state index in [0.717, 1.165) is 10.5 Å². The molecule has 0 aromatic heterocycles. The lowest BCUT2D eigenvalue weighted by Crippen LogP contribution is -1.98. The van der Waals surface area contributed by atoms with Crippen molar-refractivity contribution in [3.8, 4) is 0 Å². The quantitative estimate of drug-likeness (QED) is 0.569. The van der Waals surface area contributed by atoms with Gasteiger partial charge in [-0.3, -0.25) is 0 Å². The van der Waals surface area contributed by atoms with E-state index in [-0.39, 0.29) is 0 Å². The van der Waals surface area contributed by atoms with Crippen LogP contribution in [0.5, 0.6) is 0 Å². The highest BCUT2D eigenvalue weighted by molar-refractivity contribution is 8.68.